The maximum atomic E-state index is 4.40. The van der Waals surface area contributed by atoms with E-state index in [1.807, 2.05) is 25.5 Å². The number of anilines is 1. The van der Waals surface area contributed by atoms with Gasteiger partial charge in [-0.2, -0.15) is 0 Å². The monoisotopic (exact) mass is 373 g/mol. The number of nitrogens with zero attached hydrogens (tertiary/aromatic N) is 5. The first-order chi connectivity index (χ1) is 13.2. The van der Waals surface area contributed by atoms with Crippen molar-refractivity contribution in [2.24, 2.45) is 10.4 Å². The fourth-order valence-corrected chi connectivity index (χ4v) is 4.23. The maximum Gasteiger partial charge on any atom is 0.225 e. The third kappa shape index (κ3) is 5.54. The number of hydrogen-bond acceptors (Lipinski definition) is 5. The van der Waals surface area contributed by atoms with Crippen molar-refractivity contribution in [1.82, 2.24) is 25.5 Å². The van der Waals surface area contributed by atoms with Crippen LogP contribution < -0.4 is 15.5 Å². The van der Waals surface area contributed by atoms with E-state index in [1.54, 1.807) is 0 Å². The van der Waals surface area contributed by atoms with E-state index in [-0.39, 0.29) is 0 Å². The Balaban J connectivity index is 1.34. The van der Waals surface area contributed by atoms with Gasteiger partial charge in [-0.15, -0.1) is 0 Å². The molecule has 0 aromatic carbocycles. The van der Waals surface area contributed by atoms with Gasteiger partial charge in [-0.3, -0.25) is 9.89 Å². The van der Waals surface area contributed by atoms with Crippen LogP contribution in [0.2, 0.25) is 0 Å². The van der Waals surface area contributed by atoms with Crippen molar-refractivity contribution in [3.05, 3.63) is 18.5 Å². The third-order valence-corrected chi connectivity index (χ3v) is 6.20. The van der Waals surface area contributed by atoms with Gasteiger partial charge in [-0.25, -0.2) is 9.97 Å². The van der Waals surface area contributed by atoms with Gasteiger partial charge in [0.2, 0.25) is 5.95 Å². The zero-order valence-electron chi connectivity index (χ0n) is 17.0. The number of piperazine rings is 1. The summed E-state index contributed by atoms with van der Waals surface area (Å²) in [6.07, 6.45) is 10.3. The highest BCUT2D eigenvalue weighted by Crippen LogP contribution is 2.40. The van der Waals surface area contributed by atoms with Crippen LogP contribution in [-0.4, -0.2) is 73.7 Å². The van der Waals surface area contributed by atoms with Crippen LogP contribution in [0.1, 0.15) is 39.0 Å². The van der Waals surface area contributed by atoms with E-state index < -0.39 is 0 Å². The molecule has 0 unspecified atom stereocenters. The van der Waals surface area contributed by atoms with Crippen LogP contribution in [0.15, 0.2) is 23.5 Å². The number of hydrogen-bond donors (Lipinski definition) is 2. The molecule has 150 valence electrons. The minimum Gasteiger partial charge on any atom is -0.356 e. The minimum atomic E-state index is 0.480. The molecule has 1 saturated carbocycles. The van der Waals surface area contributed by atoms with Crippen molar-refractivity contribution >= 4 is 11.9 Å². The zero-order chi connectivity index (χ0) is 19.0. The molecule has 3 rings (SSSR count). The SMILES string of the molecule is CCC1(CNC(=NC)NCCN2CCN(c3ncccn3)CC2)CCCC1. The van der Waals surface area contributed by atoms with Gasteiger partial charge in [0, 0.05) is 65.3 Å². The van der Waals surface area contributed by atoms with E-state index in [0.29, 0.717) is 5.41 Å². The Hall–Kier alpha value is -1.89. The molecular formula is C20H35N7. The third-order valence-electron chi connectivity index (χ3n) is 6.20. The molecule has 1 aliphatic heterocycles. The summed E-state index contributed by atoms with van der Waals surface area (Å²) in [4.78, 5) is 17.8. The van der Waals surface area contributed by atoms with Crippen molar-refractivity contribution in [3.8, 4) is 0 Å². The average Bonchev–Trinajstić information content (AvgIpc) is 3.21. The topological polar surface area (TPSA) is 68.7 Å². The van der Waals surface area contributed by atoms with Crippen molar-refractivity contribution in [3.63, 3.8) is 0 Å². The molecule has 2 fully saturated rings. The summed E-state index contributed by atoms with van der Waals surface area (Å²) in [6, 6.07) is 1.86. The highest BCUT2D eigenvalue weighted by Gasteiger charge is 2.31. The molecule has 1 aromatic heterocycles. The van der Waals surface area contributed by atoms with E-state index in [0.717, 1.165) is 57.7 Å². The lowest BCUT2D eigenvalue weighted by atomic mass is 9.83. The van der Waals surface area contributed by atoms with Crippen molar-refractivity contribution in [1.29, 1.82) is 0 Å². The molecular weight excluding hydrogens is 338 g/mol. The van der Waals surface area contributed by atoms with Gasteiger partial charge in [0.25, 0.3) is 0 Å². The van der Waals surface area contributed by atoms with Gasteiger partial charge in [-0.1, -0.05) is 19.8 Å². The predicted molar refractivity (Wildman–Crippen MR) is 111 cm³/mol. The summed E-state index contributed by atoms with van der Waals surface area (Å²) < 4.78 is 0. The first-order valence-electron chi connectivity index (χ1n) is 10.4. The molecule has 7 heteroatoms. The number of aliphatic imine (C=N–C) groups is 1. The molecule has 2 aliphatic rings. The lowest BCUT2D eigenvalue weighted by Gasteiger charge is -2.34. The van der Waals surface area contributed by atoms with Gasteiger partial charge < -0.3 is 15.5 Å². The molecule has 1 aliphatic carbocycles. The highest BCUT2D eigenvalue weighted by atomic mass is 15.3. The number of aromatic nitrogens is 2. The van der Waals surface area contributed by atoms with E-state index >= 15 is 0 Å². The molecule has 27 heavy (non-hydrogen) atoms. The van der Waals surface area contributed by atoms with Crippen LogP contribution in [0.4, 0.5) is 5.95 Å². The zero-order valence-corrected chi connectivity index (χ0v) is 17.0. The summed E-state index contributed by atoms with van der Waals surface area (Å²) in [5.41, 5.74) is 0.480. The number of guanidine groups is 1. The average molecular weight is 374 g/mol. The van der Waals surface area contributed by atoms with E-state index in [9.17, 15) is 0 Å². The van der Waals surface area contributed by atoms with E-state index in [4.69, 9.17) is 0 Å². The van der Waals surface area contributed by atoms with Crippen LogP contribution in [0.5, 0.6) is 0 Å². The van der Waals surface area contributed by atoms with Gasteiger partial charge in [0.1, 0.15) is 0 Å². The molecule has 7 nitrogen and oxygen atoms in total. The Morgan fingerprint density at radius 1 is 1.11 bits per heavy atom. The van der Waals surface area contributed by atoms with Crippen LogP contribution in [-0.2, 0) is 0 Å². The van der Waals surface area contributed by atoms with Crippen molar-refractivity contribution in [2.75, 3.05) is 57.8 Å². The summed E-state index contributed by atoms with van der Waals surface area (Å²) in [6.45, 7) is 9.37. The molecule has 0 spiro atoms. The first-order valence-corrected chi connectivity index (χ1v) is 10.4. The molecule has 1 saturated heterocycles. The molecule has 0 bridgehead atoms. The highest BCUT2D eigenvalue weighted by molar-refractivity contribution is 5.79. The van der Waals surface area contributed by atoms with Crippen molar-refractivity contribution in [2.45, 2.75) is 39.0 Å². The molecule has 0 radical (unpaired) electrons. The largest absolute Gasteiger partial charge is 0.356 e. The minimum absolute atomic E-state index is 0.480. The second kappa shape index (κ2) is 9.88. The standard InChI is InChI=1S/C20H35N7/c1-3-20(7-4-5-8-20)17-25-18(21-2)22-11-12-26-13-15-27(16-14-26)19-23-9-6-10-24-19/h6,9-10H,3-5,7-8,11-17H2,1-2H3,(H2,21,22,25). The Bertz CT molecular complexity index is 575. The second-order valence-electron chi connectivity index (χ2n) is 7.79. The summed E-state index contributed by atoms with van der Waals surface area (Å²) in [5, 5.41) is 7.05. The molecule has 1 aromatic rings. The fourth-order valence-electron chi connectivity index (χ4n) is 4.23. The quantitative estimate of drug-likeness (QED) is 0.560. The Labute approximate surface area is 163 Å². The van der Waals surface area contributed by atoms with Crippen LogP contribution >= 0.6 is 0 Å². The normalized spacial score (nSPS) is 20.7. The summed E-state index contributed by atoms with van der Waals surface area (Å²) in [7, 11) is 1.86. The molecule has 2 N–H and O–H groups in total. The Kier molecular flexibility index (Phi) is 7.26. The van der Waals surface area contributed by atoms with Crippen molar-refractivity contribution < 1.29 is 0 Å². The Morgan fingerprint density at radius 2 is 1.81 bits per heavy atom. The summed E-state index contributed by atoms with van der Waals surface area (Å²) >= 11 is 0. The molecule has 0 atom stereocenters. The first kappa shape index (κ1) is 19.9. The van der Waals surface area contributed by atoms with E-state index in [1.165, 1.54) is 32.1 Å². The van der Waals surface area contributed by atoms with Gasteiger partial charge in [0.15, 0.2) is 5.96 Å². The smallest absolute Gasteiger partial charge is 0.225 e. The lowest BCUT2D eigenvalue weighted by Crippen LogP contribution is -2.50. The molecule has 0 amide bonds. The fraction of sp³-hybridized carbons (Fsp3) is 0.750. The summed E-state index contributed by atoms with van der Waals surface area (Å²) in [5.74, 6) is 1.78. The predicted octanol–water partition coefficient (Wildman–Crippen LogP) is 1.73. The maximum absolute atomic E-state index is 4.40. The van der Waals surface area contributed by atoms with Crippen LogP contribution in [0.25, 0.3) is 0 Å². The van der Waals surface area contributed by atoms with Crippen LogP contribution in [0, 0.1) is 5.41 Å². The Morgan fingerprint density at radius 3 is 2.44 bits per heavy atom. The van der Waals surface area contributed by atoms with Gasteiger partial charge in [0.05, 0.1) is 0 Å². The van der Waals surface area contributed by atoms with E-state index in [2.05, 4.69) is 42.3 Å². The number of rotatable bonds is 7. The number of nitrogens with one attached hydrogen (secondary N) is 2. The van der Waals surface area contributed by atoms with Crippen LogP contribution in [0.3, 0.4) is 0 Å². The molecule has 2 heterocycles. The lowest BCUT2D eigenvalue weighted by molar-refractivity contribution is 0.259. The van der Waals surface area contributed by atoms with Gasteiger partial charge in [-0.05, 0) is 30.7 Å². The second-order valence-corrected chi connectivity index (χ2v) is 7.79. The van der Waals surface area contributed by atoms with Gasteiger partial charge >= 0.3 is 0 Å².